The summed E-state index contributed by atoms with van der Waals surface area (Å²) in [6.45, 7) is 0. The molecule has 2 rings (SSSR count). The van der Waals surface area contributed by atoms with Gasteiger partial charge < -0.3 is 4.74 Å². The number of hydrogen-bond donors (Lipinski definition) is 0. The Bertz CT molecular complexity index is 624. The highest BCUT2D eigenvalue weighted by Gasteiger charge is 2.12. The molecule has 0 saturated heterocycles. The first kappa shape index (κ1) is 10.9. The minimum Gasteiger partial charge on any atom is -0.494 e. The van der Waals surface area contributed by atoms with Gasteiger partial charge in [-0.3, -0.25) is 0 Å². The average Bonchev–Trinajstić information content (AvgIpc) is 2.77. The maximum absolute atomic E-state index is 8.81. The molecule has 0 N–H and O–H groups in total. The highest BCUT2D eigenvalue weighted by Crippen LogP contribution is 2.34. The number of fused-ring (bicyclic) bond motifs is 1. The van der Waals surface area contributed by atoms with E-state index in [0.717, 1.165) is 10.3 Å². The Hall–Kier alpha value is -1.63. The van der Waals surface area contributed by atoms with Gasteiger partial charge in [0.15, 0.2) is 0 Å². The van der Waals surface area contributed by atoms with Crippen LogP contribution in [0.15, 0.2) is 21.4 Å². The van der Waals surface area contributed by atoms with Gasteiger partial charge in [0, 0.05) is 16.2 Å². The molecule has 0 bridgehead atoms. The van der Waals surface area contributed by atoms with Crippen LogP contribution in [0.2, 0.25) is 0 Å². The minimum atomic E-state index is 0.0820. The predicted octanol–water partition coefficient (Wildman–Crippen LogP) is 1.18. The van der Waals surface area contributed by atoms with Gasteiger partial charge in [-0.1, -0.05) is 0 Å². The summed E-state index contributed by atoms with van der Waals surface area (Å²) in [6, 6.07) is 7.18. The Labute approximate surface area is 99.8 Å². The monoisotopic (exact) mass is 247 g/mol. The van der Waals surface area contributed by atoms with Gasteiger partial charge in [-0.15, -0.1) is 0 Å². The van der Waals surface area contributed by atoms with E-state index < -0.39 is 0 Å². The molecule has 16 heavy (non-hydrogen) atoms. The molecule has 1 aromatic rings. The summed E-state index contributed by atoms with van der Waals surface area (Å²) in [7, 11) is 4.39. The molecule has 0 aromatic heterocycles. The third-order valence-corrected chi connectivity index (χ3v) is 3.84. The van der Waals surface area contributed by atoms with Crippen molar-refractivity contribution < 1.29 is 4.74 Å². The zero-order chi connectivity index (χ0) is 11.5. The Morgan fingerprint density at radius 1 is 1.38 bits per heavy atom. The van der Waals surface area contributed by atoms with Gasteiger partial charge in [0.05, 0.1) is 12.0 Å². The van der Waals surface area contributed by atoms with Crippen LogP contribution in [-0.2, 0) is 0 Å². The molecule has 0 aliphatic carbocycles. The normalized spacial score (nSPS) is 11.9. The van der Waals surface area contributed by atoms with Crippen LogP contribution in [0.25, 0.3) is 5.57 Å². The minimum absolute atomic E-state index is 0.0820. The van der Waals surface area contributed by atoms with Gasteiger partial charge in [0.2, 0.25) is 0 Å². The first-order valence-corrected chi connectivity index (χ1v) is 6.35. The standard InChI is InChI=1S/C10H5N3OS2/c1-14-8-2-6(7(4-11)5-12)3-9-10(8)13-16-15-9/h2-3H,1H3. The van der Waals surface area contributed by atoms with Gasteiger partial charge in [0.25, 0.3) is 0 Å². The highest BCUT2D eigenvalue weighted by atomic mass is 33.1. The number of ether oxygens (including phenoxy) is 1. The fourth-order valence-electron chi connectivity index (χ4n) is 1.29. The number of rotatable bonds is 1. The highest BCUT2D eigenvalue weighted by molar-refractivity contribution is 8.76. The van der Waals surface area contributed by atoms with E-state index in [1.54, 1.807) is 19.2 Å². The largest absolute Gasteiger partial charge is 0.494 e. The van der Waals surface area contributed by atoms with E-state index in [1.807, 2.05) is 12.1 Å². The van der Waals surface area contributed by atoms with E-state index in [9.17, 15) is 0 Å². The van der Waals surface area contributed by atoms with Crippen LogP contribution in [0.1, 0.15) is 0 Å². The van der Waals surface area contributed by atoms with E-state index in [0.29, 0.717) is 11.0 Å². The fourth-order valence-corrected chi connectivity index (χ4v) is 3.08. The molecule has 0 amide bonds. The summed E-state index contributed by atoms with van der Waals surface area (Å²) in [5, 5.41) is 19.0. The van der Waals surface area contributed by atoms with Crippen LogP contribution in [-0.4, -0.2) is 7.11 Å². The Morgan fingerprint density at radius 3 is 2.75 bits per heavy atom. The Kier molecular flexibility index (Phi) is 3.04. The van der Waals surface area contributed by atoms with Gasteiger partial charge in [0.1, 0.15) is 28.8 Å². The second-order valence-electron chi connectivity index (χ2n) is 2.87. The molecular formula is C10H5N3OS2. The van der Waals surface area contributed by atoms with Crippen LogP contribution < -0.4 is 15.3 Å². The molecule has 78 valence electrons. The number of methoxy groups -OCH3 is 1. The van der Waals surface area contributed by atoms with Crippen molar-refractivity contribution in [3.05, 3.63) is 22.7 Å². The van der Waals surface area contributed by atoms with E-state index in [1.165, 1.54) is 21.8 Å². The van der Waals surface area contributed by atoms with Crippen LogP contribution in [0.3, 0.4) is 0 Å². The molecule has 0 atom stereocenters. The van der Waals surface area contributed by atoms with E-state index >= 15 is 0 Å². The van der Waals surface area contributed by atoms with Crippen molar-refractivity contribution in [2.24, 2.45) is 4.40 Å². The van der Waals surface area contributed by atoms with Crippen molar-refractivity contribution in [2.45, 2.75) is 4.90 Å². The van der Waals surface area contributed by atoms with Gasteiger partial charge >= 0.3 is 0 Å². The van der Waals surface area contributed by atoms with Crippen molar-refractivity contribution in [3.8, 4) is 17.9 Å². The zero-order valence-electron chi connectivity index (χ0n) is 8.22. The molecule has 0 saturated carbocycles. The molecule has 1 aromatic carbocycles. The van der Waals surface area contributed by atoms with Crippen LogP contribution >= 0.6 is 21.8 Å². The fraction of sp³-hybridized carbons (Fsp3) is 0.100. The number of hydrogen-bond acceptors (Lipinski definition) is 6. The summed E-state index contributed by atoms with van der Waals surface area (Å²) in [5.41, 5.74) is 0.0820. The van der Waals surface area contributed by atoms with Crippen LogP contribution in [0.4, 0.5) is 0 Å². The summed E-state index contributed by atoms with van der Waals surface area (Å²) in [6.07, 6.45) is 0. The zero-order valence-corrected chi connectivity index (χ0v) is 9.85. The molecule has 1 heterocycles. The lowest BCUT2D eigenvalue weighted by Crippen LogP contribution is -2.14. The third-order valence-electron chi connectivity index (χ3n) is 2.03. The summed E-state index contributed by atoms with van der Waals surface area (Å²) in [4.78, 5) is 0.919. The molecule has 0 fully saturated rings. The van der Waals surface area contributed by atoms with E-state index in [4.69, 9.17) is 15.3 Å². The average molecular weight is 247 g/mol. The van der Waals surface area contributed by atoms with Crippen molar-refractivity contribution in [1.29, 1.82) is 10.5 Å². The first-order valence-electron chi connectivity index (χ1n) is 4.24. The molecule has 0 spiro atoms. The third kappa shape index (κ3) is 1.73. The topological polar surface area (TPSA) is 69.2 Å². The first-order chi connectivity index (χ1) is 7.80. The molecular weight excluding hydrogens is 242 g/mol. The van der Waals surface area contributed by atoms with Gasteiger partial charge in [-0.2, -0.15) is 14.9 Å². The van der Waals surface area contributed by atoms with Crippen molar-refractivity contribution in [3.63, 3.8) is 0 Å². The van der Waals surface area contributed by atoms with E-state index in [2.05, 4.69) is 4.40 Å². The van der Waals surface area contributed by atoms with Crippen LogP contribution in [0.5, 0.6) is 5.75 Å². The molecule has 1 aliphatic rings. The predicted molar refractivity (Wildman–Crippen MR) is 61.9 cm³/mol. The Balaban J connectivity index is 2.82. The van der Waals surface area contributed by atoms with Crippen molar-refractivity contribution in [2.75, 3.05) is 7.11 Å². The van der Waals surface area contributed by atoms with E-state index in [-0.39, 0.29) is 5.57 Å². The van der Waals surface area contributed by atoms with Gasteiger partial charge in [-0.25, -0.2) is 0 Å². The number of nitriles is 2. The lowest BCUT2D eigenvalue weighted by molar-refractivity contribution is 0.408. The maximum atomic E-state index is 8.81. The van der Waals surface area contributed by atoms with Crippen molar-refractivity contribution in [1.82, 2.24) is 0 Å². The molecule has 0 radical (unpaired) electrons. The quantitative estimate of drug-likeness (QED) is 0.550. The molecule has 0 unspecified atom stereocenters. The second kappa shape index (κ2) is 4.48. The number of nitrogens with zero attached hydrogens (tertiary/aromatic N) is 3. The van der Waals surface area contributed by atoms with Crippen LogP contribution in [0, 0.1) is 22.7 Å². The lowest BCUT2D eigenvalue weighted by Gasteiger charge is -2.00. The molecule has 6 heteroatoms. The molecule has 4 nitrogen and oxygen atoms in total. The van der Waals surface area contributed by atoms with Crippen molar-refractivity contribution >= 4 is 27.3 Å². The lowest BCUT2D eigenvalue weighted by atomic mass is 10.2. The summed E-state index contributed by atoms with van der Waals surface area (Å²) < 4.78 is 9.39. The maximum Gasteiger partial charge on any atom is 0.147 e. The summed E-state index contributed by atoms with van der Waals surface area (Å²) in [5.74, 6) is 0.591. The number of benzene rings is 1. The van der Waals surface area contributed by atoms with Gasteiger partial charge in [-0.05, 0) is 22.9 Å². The SMILES string of the molecule is COc1cc(=C(C#N)C#N)cc2c1=NSS2. The molecule has 1 aliphatic heterocycles. The summed E-state index contributed by atoms with van der Waals surface area (Å²) >= 11 is 0. The Morgan fingerprint density at radius 2 is 2.12 bits per heavy atom. The smallest absolute Gasteiger partial charge is 0.147 e. The second-order valence-corrected chi connectivity index (χ2v) is 4.76.